The minimum absolute atomic E-state index is 0.110. The lowest BCUT2D eigenvalue weighted by atomic mass is 10.2. The van der Waals surface area contributed by atoms with Crippen molar-refractivity contribution >= 4 is 0 Å². The fraction of sp³-hybridized carbons (Fsp3) is 0. The van der Waals surface area contributed by atoms with E-state index in [1.807, 2.05) is 36.4 Å². The van der Waals surface area contributed by atoms with Crippen molar-refractivity contribution in [2.75, 3.05) is 0 Å². The van der Waals surface area contributed by atoms with E-state index in [2.05, 4.69) is 15.0 Å². The second kappa shape index (κ2) is 4.86. The van der Waals surface area contributed by atoms with Crippen molar-refractivity contribution in [3.63, 3.8) is 0 Å². The van der Waals surface area contributed by atoms with Gasteiger partial charge in [0.25, 0.3) is 0 Å². The Balaban J connectivity index is 2.12. The number of rotatable bonds is 2. The molecule has 0 saturated heterocycles. The number of nitrogens with zero attached hydrogens (tertiary/aromatic N) is 3. The van der Waals surface area contributed by atoms with Crippen molar-refractivity contribution in [1.82, 2.24) is 15.0 Å². The molecule has 0 aliphatic carbocycles. The van der Waals surface area contributed by atoms with E-state index >= 15 is 0 Å². The molecule has 0 saturated carbocycles. The van der Waals surface area contributed by atoms with Gasteiger partial charge < -0.3 is 5.11 Å². The second-order valence-corrected chi connectivity index (χ2v) is 3.99. The standard InChI is InChI=1S/C15H11N3O/c19-14-8-7-12(11-5-1-3-9-16-11)18-15(14)13-6-2-4-10-17-13/h1-10,19H. The molecule has 4 nitrogen and oxygen atoms in total. The molecule has 0 spiro atoms. The summed E-state index contributed by atoms with van der Waals surface area (Å²) in [5, 5.41) is 9.91. The molecular weight excluding hydrogens is 238 g/mol. The van der Waals surface area contributed by atoms with Gasteiger partial charge in [-0.2, -0.15) is 0 Å². The van der Waals surface area contributed by atoms with Gasteiger partial charge in [0.15, 0.2) is 0 Å². The average molecular weight is 249 g/mol. The molecule has 0 fully saturated rings. The fourth-order valence-electron chi connectivity index (χ4n) is 1.80. The average Bonchev–Trinajstić information content (AvgIpc) is 2.49. The van der Waals surface area contributed by atoms with Gasteiger partial charge in [-0.3, -0.25) is 9.97 Å². The van der Waals surface area contributed by atoms with E-state index in [-0.39, 0.29) is 5.75 Å². The highest BCUT2D eigenvalue weighted by Crippen LogP contribution is 2.28. The first-order valence-electron chi connectivity index (χ1n) is 5.87. The highest BCUT2D eigenvalue weighted by atomic mass is 16.3. The number of aromatic nitrogens is 3. The zero-order chi connectivity index (χ0) is 13.1. The third kappa shape index (κ3) is 2.28. The molecule has 0 bridgehead atoms. The lowest BCUT2D eigenvalue weighted by molar-refractivity contribution is 0.475. The molecule has 3 rings (SSSR count). The highest BCUT2D eigenvalue weighted by Gasteiger charge is 2.09. The maximum Gasteiger partial charge on any atom is 0.143 e. The van der Waals surface area contributed by atoms with E-state index in [1.54, 1.807) is 24.5 Å². The molecule has 3 aromatic rings. The summed E-state index contributed by atoms with van der Waals surface area (Å²) in [5.74, 6) is 0.110. The van der Waals surface area contributed by atoms with Gasteiger partial charge in [0, 0.05) is 12.4 Å². The Morgan fingerprint density at radius 1 is 0.684 bits per heavy atom. The fourth-order valence-corrected chi connectivity index (χ4v) is 1.80. The van der Waals surface area contributed by atoms with Gasteiger partial charge in [0.05, 0.1) is 17.1 Å². The summed E-state index contributed by atoms with van der Waals surface area (Å²) in [6.45, 7) is 0. The van der Waals surface area contributed by atoms with E-state index in [4.69, 9.17) is 0 Å². The normalized spacial score (nSPS) is 10.3. The van der Waals surface area contributed by atoms with Crippen LogP contribution in [0.5, 0.6) is 5.75 Å². The van der Waals surface area contributed by atoms with Crippen LogP contribution in [-0.4, -0.2) is 20.1 Å². The number of hydrogen-bond acceptors (Lipinski definition) is 4. The van der Waals surface area contributed by atoms with Crippen molar-refractivity contribution in [2.45, 2.75) is 0 Å². The largest absolute Gasteiger partial charge is 0.506 e. The molecule has 0 radical (unpaired) electrons. The predicted octanol–water partition coefficient (Wildman–Crippen LogP) is 2.91. The Morgan fingerprint density at radius 3 is 2.00 bits per heavy atom. The van der Waals surface area contributed by atoms with Gasteiger partial charge >= 0.3 is 0 Å². The number of aromatic hydroxyl groups is 1. The third-order valence-electron chi connectivity index (χ3n) is 2.71. The van der Waals surface area contributed by atoms with Gasteiger partial charge in [-0.05, 0) is 36.4 Å². The zero-order valence-corrected chi connectivity index (χ0v) is 10.1. The summed E-state index contributed by atoms with van der Waals surface area (Å²) in [5.41, 5.74) is 2.57. The summed E-state index contributed by atoms with van der Waals surface area (Å²) in [6, 6.07) is 14.5. The molecular formula is C15H11N3O. The Bertz CT molecular complexity index is 684. The van der Waals surface area contributed by atoms with Crippen LogP contribution in [0.4, 0.5) is 0 Å². The summed E-state index contributed by atoms with van der Waals surface area (Å²) < 4.78 is 0. The maximum atomic E-state index is 9.91. The van der Waals surface area contributed by atoms with Gasteiger partial charge in [-0.25, -0.2) is 4.98 Å². The van der Waals surface area contributed by atoms with Gasteiger partial charge in [-0.1, -0.05) is 12.1 Å². The molecule has 0 aliphatic rings. The summed E-state index contributed by atoms with van der Waals surface area (Å²) in [7, 11) is 0. The Labute approximate surface area is 110 Å². The maximum absolute atomic E-state index is 9.91. The summed E-state index contributed by atoms with van der Waals surface area (Å²) in [4.78, 5) is 12.9. The Morgan fingerprint density at radius 2 is 1.37 bits per heavy atom. The van der Waals surface area contributed by atoms with Crippen molar-refractivity contribution in [2.24, 2.45) is 0 Å². The van der Waals surface area contributed by atoms with Crippen LogP contribution >= 0.6 is 0 Å². The SMILES string of the molecule is Oc1ccc(-c2ccccn2)nc1-c1ccccn1. The number of hydrogen-bond donors (Lipinski definition) is 1. The molecule has 19 heavy (non-hydrogen) atoms. The molecule has 4 heteroatoms. The predicted molar refractivity (Wildman–Crippen MR) is 72.4 cm³/mol. The van der Waals surface area contributed by atoms with Crippen molar-refractivity contribution < 1.29 is 5.11 Å². The van der Waals surface area contributed by atoms with Gasteiger partial charge in [-0.15, -0.1) is 0 Å². The Kier molecular flexibility index (Phi) is 2.90. The smallest absolute Gasteiger partial charge is 0.143 e. The zero-order valence-electron chi connectivity index (χ0n) is 10.1. The molecule has 0 atom stereocenters. The van der Waals surface area contributed by atoms with Crippen LogP contribution in [0.15, 0.2) is 60.9 Å². The van der Waals surface area contributed by atoms with Crippen LogP contribution in [0, 0.1) is 0 Å². The molecule has 0 unspecified atom stereocenters. The molecule has 0 amide bonds. The second-order valence-electron chi connectivity index (χ2n) is 3.99. The van der Waals surface area contributed by atoms with Crippen LogP contribution in [0.3, 0.4) is 0 Å². The van der Waals surface area contributed by atoms with Gasteiger partial charge in [0.1, 0.15) is 11.4 Å². The first-order valence-corrected chi connectivity index (χ1v) is 5.87. The van der Waals surface area contributed by atoms with Crippen molar-refractivity contribution in [3.05, 3.63) is 60.9 Å². The lowest BCUT2D eigenvalue weighted by Crippen LogP contribution is -1.92. The van der Waals surface area contributed by atoms with Crippen LogP contribution in [0.1, 0.15) is 0 Å². The molecule has 3 heterocycles. The number of pyridine rings is 3. The topological polar surface area (TPSA) is 58.9 Å². The first-order chi connectivity index (χ1) is 9.34. The molecule has 0 aliphatic heterocycles. The Hall–Kier alpha value is -2.75. The van der Waals surface area contributed by atoms with Crippen LogP contribution in [-0.2, 0) is 0 Å². The summed E-state index contributed by atoms with van der Waals surface area (Å²) >= 11 is 0. The van der Waals surface area contributed by atoms with E-state index in [0.717, 1.165) is 5.69 Å². The van der Waals surface area contributed by atoms with E-state index < -0.39 is 0 Å². The van der Waals surface area contributed by atoms with Crippen LogP contribution < -0.4 is 0 Å². The minimum Gasteiger partial charge on any atom is -0.506 e. The lowest BCUT2D eigenvalue weighted by Gasteiger charge is -2.06. The first kappa shape index (κ1) is 11.3. The molecule has 0 aromatic carbocycles. The minimum atomic E-state index is 0.110. The monoisotopic (exact) mass is 249 g/mol. The van der Waals surface area contributed by atoms with Crippen LogP contribution in [0.25, 0.3) is 22.8 Å². The molecule has 3 aromatic heterocycles. The highest BCUT2D eigenvalue weighted by molar-refractivity contribution is 5.66. The van der Waals surface area contributed by atoms with Crippen LogP contribution in [0.2, 0.25) is 0 Å². The van der Waals surface area contributed by atoms with E-state index in [9.17, 15) is 5.11 Å². The van der Waals surface area contributed by atoms with Crippen molar-refractivity contribution in [1.29, 1.82) is 0 Å². The van der Waals surface area contributed by atoms with E-state index in [1.165, 1.54) is 0 Å². The quantitative estimate of drug-likeness (QED) is 0.758. The van der Waals surface area contributed by atoms with Gasteiger partial charge in [0.2, 0.25) is 0 Å². The molecule has 1 N–H and O–H groups in total. The molecule has 92 valence electrons. The third-order valence-corrected chi connectivity index (χ3v) is 2.71. The summed E-state index contributed by atoms with van der Waals surface area (Å²) in [6.07, 6.45) is 3.38. The van der Waals surface area contributed by atoms with Crippen molar-refractivity contribution in [3.8, 4) is 28.5 Å². The van der Waals surface area contributed by atoms with E-state index in [0.29, 0.717) is 17.1 Å².